The standard InChI is InChI=1S/C16H16O3/c1-2-11-19-15-9-7-13(8-10-15)12-3-5-14(6-4-12)16(17)18/h3-10H,2,11H2,1H3,(H,17,18). The molecule has 0 saturated carbocycles. The molecule has 0 atom stereocenters. The van der Waals surface area contributed by atoms with Crippen molar-refractivity contribution in [3.63, 3.8) is 0 Å². The highest BCUT2D eigenvalue weighted by Crippen LogP contribution is 2.22. The molecule has 19 heavy (non-hydrogen) atoms. The molecular formula is C16H16O3. The molecule has 3 heteroatoms. The largest absolute Gasteiger partial charge is 0.494 e. The third kappa shape index (κ3) is 3.35. The lowest BCUT2D eigenvalue weighted by Crippen LogP contribution is -1.95. The molecule has 2 rings (SSSR count). The number of aromatic carboxylic acids is 1. The van der Waals surface area contributed by atoms with Gasteiger partial charge in [0.2, 0.25) is 0 Å². The molecule has 0 aliphatic carbocycles. The topological polar surface area (TPSA) is 46.5 Å². The van der Waals surface area contributed by atoms with Crippen molar-refractivity contribution >= 4 is 5.97 Å². The van der Waals surface area contributed by atoms with E-state index in [1.165, 1.54) is 0 Å². The molecule has 0 heterocycles. The summed E-state index contributed by atoms with van der Waals surface area (Å²) in [6.45, 7) is 2.78. The molecule has 1 N–H and O–H groups in total. The van der Waals surface area contributed by atoms with Crippen LogP contribution in [0.25, 0.3) is 11.1 Å². The molecule has 0 fully saturated rings. The molecule has 0 aromatic heterocycles. The fraction of sp³-hybridized carbons (Fsp3) is 0.188. The average molecular weight is 256 g/mol. The fourth-order valence-corrected chi connectivity index (χ4v) is 1.77. The zero-order valence-corrected chi connectivity index (χ0v) is 10.8. The number of hydrogen-bond donors (Lipinski definition) is 1. The van der Waals surface area contributed by atoms with Crippen molar-refractivity contribution in [3.05, 3.63) is 54.1 Å². The first-order chi connectivity index (χ1) is 9.20. The number of hydrogen-bond acceptors (Lipinski definition) is 2. The molecule has 0 amide bonds. The molecule has 0 radical (unpaired) electrons. The second kappa shape index (κ2) is 6.05. The average Bonchev–Trinajstić information content (AvgIpc) is 2.46. The molecule has 0 unspecified atom stereocenters. The van der Waals surface area contributed by atoms with Gasteiger partial charge in [-0.2, -0.15) is 0 Å². The van der Waals surface area contributed by atoms with Gasteiger partial charge in [0.25, 0.3) is 0 Å². The number of ether oxygens (including phenoxy) is 1. The summed E-state index contributed by atoms with van der Waals surface area (Å²) >= 11 is 0. The van der Waals surface area contributed by atoms with Crippen LogP contribution in [-0.2, 0) is 0 Å². The first kappa shape index (κ1) is 13.1. The summed E-state index contributed by atoms with van der Waals surface area (Å²) < 4.78 is 5.52. The normalized spacial score (nSPS) is 10.2. The molecule has 3 nitrogen and oxygen atoms in total. The highest BCUT2D eigenvalue weighted by atomic mass is 16.5. The summed E-state index contributed by atoms with van der Waals surface area (Å²) in [6, 6.07) is 14.6. The number of benzene rings is 2. The van der Waals surface area contributed by atoms with Crippen molar-refractivity contribution in [2.24, 2.45) is 0 Å². The van der Waals surface area contributed by atoms with Crippen molar-refractivity contribution in [3.8, 4) is 16.9 Å². The van der Waals surface area contributed by atoms with Gasteiger partial charge in [0, 0.05) is 0 Å². The molecule has 2 aromatic carbocycles. The molecule has 2 aromatic rings. The lowest BCUT2D eigenvalue weighted by Gasteiger charge is -2.06. The van der Waals surface area contributed by atoms with Gasteiger partial charge in [0.05, 0.1) is 12.2 Å². The van der Waals surface area contributed by atoms with Gasteiger partial charge in [-0.05, 0) is 41.8 Å². The van der Waals surface area contributed by atoms with Crippen LogP contribution < -0.4 is 4.74 Å². The Hall–Kier alpha value is -2.29. The van der Waals surface area contributed by atoms with E-state index >= 15 is 0 Å². The van der Waals surface area contributed by atoms with Crippen LogP contribution in [0.15, 0.2) is 48.5 Å². The van der Waals surface area contributed by atoms with Gasteiger partial charge < -0.3 is 9.84 Å². The summed E-state index contributed by atoms with van der Waals surface area (Å²) in [7, 11) is 0. The van der Waals surface area contributed by atoms with E-state index in [1.807, 2.05) is 36.4 Å². The molecule has 98 valence electrons. The van der Waals surface area contributed by atoms with Crippen LogP contribution in [0.1, 0.15) is 23.7 Å². The maximum Gasteiger partial charge on any atom is 0.335 e. The smallest absolute Gasteiger partial charge is 0.335 e. The van der Waals surface area contributed by atoms with Crippen LogP contribution in [0.4, 0.5) is 0 Å². The molecule has 0 aliphatic rings. The van der Waals surface area contributed by atoms with Gasteiger partial charge in [0.1, 0.15) is 5.75 Å². The van der Waals surface area contributed by atoms with E-state index in [2.05, 4.69) is 6.92 Å². The van der Waals surface area contributed by atoms with E-state index in [0.717, 1.165) is 23.3 Å². The van der Waals surface area contributed by atoms with Crippen LogP contribution in [0.5, 0.6) is 5.75 Å². The van der Waals surface area contributed by atoms with Gasteiger partial charge in [-0.15, -0.1) is 0 Å². The highest BCUT2D eigenvalue weighted by Gasteiger charge is 2.03. The van der Waals surface area contributed by atoms with Crippen LogP contribution in [0.3, 0.4) is 0 Å². The zero-order chi connectivity index (χ0) is 13.7. The fourth-order valence-electron chi connectivity index (χ4n) is 1.77. The SMILES string of the molecule is CCCOc1ccc(-c2ccc(C(=O)O)cc2)cc1. The van der Waals surface area contributed by atoms with Crippen LogP contribution in [-0.4, -0.2) is 17.7 Å². The van der Waals surface area contributed by atoms with E-state index in [1.54, 1.807) is 12.1 Å². The predicted molar refractivity (Wildman–Crippen MR) is 74.6 cm³/mol. The molecule has 0 bridgehead atoms. The lowest BCUT2D eigenvalue weighted by molar-refractivity contribution is 0.0697. The minimum absolute atomic E-state index is 0.298. The van der Waals surface area contributed by atoms with E-state index in [9.17, 15) is 4.79 Å². The quantitative estimate of drug-likeness (QED) is 0.884. The Morgan fingerprint density at radius 3 is 2.00 bits per heavy atom. The number of carboxylic acid groups (broad SMARTS) is 1. The predicted octanol–water partition coefficient (Wildman–Crippen LogP) is 3.84. The van der Waals surface area contributed by atoms with Crippen LogP contribution in [0.2, 0.25) is 0 Å². The van der Waals surface area contributed by atoms with Crippen molar-refractivity contribution in [1.29, 1.82) is 0 Å². The Morgan fingerprint density at radius 2 is 1.53 bits per heavy atom. The van der Waals surface area contributed by atoms with Gasteiger partial charge >= 0.3 is 5.97 Å². The Labute approximate surface area is 112 Å². The van der Waals surface area contributed by atoms with Gasteiger partial charge in [-0.25, -0.2) is 4.79 Å². The highest BCUT2D eigenvalue weighted by molar-refractivity contribution is 5.88. The summed E-state index contributed by atoms with van der Waals surface area (Å²) in [5.74, 6) is -0.0531. The van der Waals surface area contributed by atoms with E-state index in [4.69, 9.17) is 9.84 Å². The Balaban J connectivity index is 2.15. The van der Waals surface area contributed by atoms with E-state index in [0.29, 0.717) is 12.2 Å². The third-order valence-corrected chi connectivity index (χ3v) is 2.79. The Morgan fingerprint density at radius 1 is 1.00 bits per heavy atom. The van der Waals surface area contributed by atoms with Crippen molar-refractivity contribution in [1.82, 2.24) is 0 Å². The number of rotatable bonds is 5. The Bertz CT molecular complexity index is 541. The van der Waals surface area contributed by atoms with Crippen molar-refractivity contribution in [2.45, 2.75) is 13.3 Å². The minimum Gasteiger partial charge on any atom is -0.494 e. The summed E-state index contributed by atoms with van der Waals surface area (Å²) in [5, 5.41) is 8.85. The van der Waals surface area contributed by atoms with Crippen LogP contribution >= 0.6 is 0 Å². The first-order valence-corrected chi connectivity index (χ1v) is 6.27. The monoisotopic (exact) mass is 256 g/mol. The summed E-state index contributed by atoms with van der Waals surface area (Å²) in [4.78, 5) is 10.8. The van der Waals surface area contributed by atoms with Gasteiger partial charge in [-0.3, -0.25) is 0 Å². The van der Waals surface area contributed by atoms with E-state index in [-0.39, 0.29) is 0 Å². The molecular weight excluding hydrogens is 240 g/mol. The molecule has 0 spiro atoms. The lowest BCUT2D eigenvalue weighted by atomic mass is 10.0. The number of carbonyl (C=O) groups is 1. The summed E-state index contributed by atoms with van der Waals surface area (Å²) in [6.07, 6.45) is 0.985. The number of carboxylic acids is 1. The first-order valence-electron chi connectivity index (χ1n) is 6.27. The molecule has 0 aliphatic heterocycles. The second-order valence-electron chi connectivity index (χ2n) is 4.26. The minimum atomic E-state index is -0.908. The van der Waals surface area contributed by atoms with Crippen molar-refractivity contribution < 1.29 is 14.6 Å². The second-order valence-corrected chi connectivity index (χ2v) is 4.26. The van der Waals surface area contributed by atoms with Gasteiger partial charge in [0.15, 0.2) is 0 Å². The Kier molecular flexibility index (Phi) is 4.18. The van der Waals surface area contributed by atoms with Crippen LogP contribution in [0, 0.1) is 0 Å². The van der Waals surface area contributed by atoms with Gasteiger partial charge in [-0.1, -0.05) is 31.2 Å². The third-order valence-electron chi connectivity index (χ3n) is 2.79. The molecule has 0 saturated heterocycles. The maximum atomic E-state index is 10.8. The summed E-state index contributed by atoms with van der Waals surface area (Å²) in [5.41, 5.74) is 2.33. The zero-order valence-electron chi connectivity index (χ0n) is 10.8. The maximum absolute atomic E-state index is 10.8. The van der Waals surface area contributed by atoms with Crippen molar-refractivity contribution in [2.75, 3.05) is 6.61 Å². The van der Waals surface area contributed by atoms with E-state index < -0.39 is 5.97 Å².